The first-order valence-electron chi connectivity index (χ1n) is 10.7. The second kappa shape index (κ2) is 9.20. The van der Waals surface area contributed by atoms with Crippen LogP contribution in [-0.2, 0) is 11.1 Å². The van der Waals surface area contributed by atoms with Crippen LogP contribution in [0, 0.1) is 5.92 Å². The number of carbonyl (C=O) groups is 1. The maximum atomic E-state index is 11.5. The maximum absolute atomic E-state index is 11.5. The molecule has 1 fully saturated rings. The van der Waals surface area contributed by atoms with Crippen LogP contribution in [0.15, 0.2) is 30.0 Å². The fourth-order valence-electron chi connectivity index (χ4n) is 4.71. The van der Waals surface area contributed by atoms with Gasteiger partial charge in [-0.3, -0.25) is 0 Å². The fourth-order valence-corrected chi connectivity index (χ4v) is 4.71. The van der Waals surface area contributed by atoms with E-state index in [0.29, 0.717) is 37.3 Å². The molecule has 29 heavy (non-hydrogen) atoms. The molecule has 0 radical (unpaired) electrons. The van der Waals surface area contributed by atoms with Crippen molar-refractivity contribution in [3.8, 4) is 5.75 Å². The largest absolute Gasteiger partial charge is 0.549 e. The molecule has 8 heteroatoms. The standard InChI is InChI=1S/C21H30BN3O4/c23-9-10-24-16-6-4-14(5-7-16)12-17-8-11-28-22-19(25-17)13-15-2-1-3-18(21(26)27)20(15)29-22/h1-3,8,14,16,19,24-25H,4-7,9-13,23H2,(H,26,27)/t14?,16?,19-/m0/s1. The van der Waals surface area contributed by atoms with E-state index >= 15 is 0 Å². The lowest BCUT2D eigenvalue weighted by Gasteiger charge is -2.32. The van der Waals surface area contributed by atoms with Crippen LogP contribution in [0.2, 0.25) is 0 Å². The van der Waals surface area contributed by atoms with Crippen molar-refractivity contribution < 1.29 is 19.2 Å². The molecule has 1 saturated carbocycles. The third kappa shape index (κ3) is 4.77. The first-order chi connectivity index (χ1) is 14.1. The molecule has 2 aliphatic heterocycles. The lowest BCUT2D eigenvalue weighted by molar-refractivity contribution is 0.0694. The number of hydrogen-bond donors (Lipinski definition) is 4. The van der Waals surface area contributed by atoms with Crippen LogP contribution in [0.5, 0.6) is 5.75 Å². The van der Waals surface area contributed by atoms with E-state index in [1.165, 1.54) is 31.4 Å². The van der Waals surface area contributed by atoms with Gasteiger partial charge in [0.1, 0.15) is 5.75 Å². The van der Waals surface area contributed by atoms with Crippen molar-refractivity contribution in [2.45, 2.75) is 50.5 Å². The summed E-state index contributed by atoms with van der Waals surface area (Å²) in [6, 6.07) is 5.89. The molecule has 0 amide bonds. The Hall–Kier alpha value is -2.03. The summed E-state index contributed by atoms with van der Waals surface area (Å²) in [5.74, 6) is 0.131. The zero-order valence-electron chi connectivity index (χ0n) is 16.7. The van der Waals surface area contributed by atoms with Gasteiger partial charge < -0.3 is 30.8 Å². The Morgan fingerprint density at radius 1 is 1.31 bits per heavy atom. The summed E-state index contributed by atoms with van der Waals surface area (Å²) in [6.07, 6.45) is 8.68. The van der Waals surface area contributed by atoms with Crippen molar-refractivity contribution in [3.63, 3.8) is 0 Å². The average molecular weight is 399 g/mol. The number of carboxylic acid groups (broad SMARTS) is 1. The minimum absolute atomic E-state index is 0.0112. The smallest absolute Gasteiger partial charge is 0.534 e. The van der Waals surface area contributed by atoms with E-state index in [2.05, 4.69) is 16.7 Å². The summed E-state index contributed by atoms with van der Waals surface area (Å²) in [4.78, 5) is 11.5. The SMILES string of the molecule is NCCNC1CCC(CC2=CCOB3Oc4c(cccc4C(=O)O)C[C@@H]3N2)CC1. The molecule has 1 aromatic carbocycles. The molecular weight excluding hydrogens is 369 g/mol. The molecule has 0 spiro atoms. The molecule has 3 aliphatic rings. The van der Waals surface area contributed by atoms with Crippen molar-refractivity contribution in [3.05, 3.63) is 41.1 Å². The van der Waals surface area contributed by atoms with Gasteiger partial charge in [-0.1, -0.05) is 12.1 Å². The monoisotopic (exact) mass is 399 g/mol. The highest BCUT2D eigenvalue weighted by molar-refractivity contribution is 6.48. The molecule has 0 aromatic heterocycles. The van der Waals surface area contributed by atoms with Gasteiger partial charge in [-0.2, -0.15) is 0 Å². The number of allylic oxidation sites excluding steroid dienone is 1. The van der Waals surface area contributed by atoms with Gasteiger partial charge in [-0.15, -0.1) is 0 Å². The number of nitrogens with one attached hydrogen (secondary N) is 2. The van der Waals surface area contributed by atoms with E-state index in [-0.39, 0.29) is 11.5 Å². The predicted molar refractivity (Wildman–Crippen MR) is 112 cm³/mol. The number of para-hydroxylation sites is 1. The molecule has 7 nitrogen and oxygen atoms in total. The number of nitrogens with two attached hydrogens (primary N) is 1. The summed E-state index contributed by atoms with van der Waals surface area (Å²) in [5, 5.41) is 16.6. The Labute approximate surface area is 172 Å². The maximum Gasteiger partial charge on any atom is 0.549 e. The van der Waals surface area contributed by atoms with Crippen LogP contribution in [0.3, 0.4) is 0 Å². The van der Waals surface area contributed by atoms with Gasteiger partial charge in [0.15, 0.2) is 0 Å². The van der Waals surface area contributed by atoms with Crippen molar-refractivity contribution in [2.75, 3.05) is 19.7 Å². The van der Waals surface area contributed by atoms with Crippen molar-refractivity contribution in [1.82, 2.24) is 10.6 Å². The molecule has 156 valence electrons. The Balaban J connectivity index is 1.36. The Kier molecular flexibility index (Phi) is 6.42. The van der Waals surface area contributed by atoms with Crippen LogP contribution in [0.4, 0.5) is 0 Å². The highest BCUT2D eigenvalue weighted by atomic mass is 16.6. The number of rotatable bonds is 6. The second-order valence-corrected chi connectivity index (χ2v) is 8.27. The van der Waals surface area contributed by atoms with Crippen LogP contribution >= 0.6 is 0 Å². The average Bonchev–Trinajstić information content (AvgIpc) is 2.92. The summed E-state index contributed by atoms with van der Waals surface area (Å²) < 4.78 is 11.9. The Morgan fingerprint density at radius 3 is 2.90 bits per heavy atom. The zero-order valence-corrected chi connectivity index (χ0v) is 16.7. The third-order valence-corrected chi connectivity index (χ3v) is 6.22. The number of carboxylic acids is 1. The lowest BCUT2D eigenvalue weighted by atomic mass is 9.71. The quantitative estimate of drug-likeness (QED) is 0.540. The molecule has 1 aliphatic carbocycles. The normalized spacial score (nSPS) is 26.3. The Bertz CT molecular complexity index is 764. The molecule has 0 bridgehead atoms. The molecule has 4 rings (SSSR count). The summed E-state index contributed by atoms with van der Waals surface area (Å²) in [6.45, 7) is 2.06. The minimum Gasteiger partial charge on any atom is -0.534 e. The third-order valence-electron chi connectivity index (χ3n) is 6.22. The van der Waals surface area contributed by atoms with E-state index < -0.39 is 13.1 Å². The number of fused-ring (bicyclic) bond motifs is 2. The fraction of sp³-hybridized carbons (Fsp3) is 0.571. The predicted octanol–water partition coefficient (Wildman–Crippen LogP) is 1.72. The van der Waals surface area contributed by atoms with Crippen LogP contribution in [0.25, 0.3) is 0 Å². The van der Waals surface area contributed by atoms with Crippen molar-refractivity contribution in [2.24, 2.45) is 11.7 Å². The van der Waals surface area contributed by atoms with E-state index in [0.717, 1.165) is 18.5 Å². The van der Waals surface area contributed by atoms with Gasteiger partial charge in [-0.05, 0) is 62.1 Å². The second-order valence-electron chi connectivity index (χ2n) is 8.27. The highest BCUT2D eigenvalue weighted by Gasteiger charge is 2.40. The molecule has 5 N–H and O–H groups in total. The summed E-state index contributed by atoms with van der Waals surface area (Å²) in [7, 11) is -0.479. The van der Waals surface area contributed by atoms with E-state index in [4.69, 9.17) is 15.0 Å². The molecule has 1 atom stereocenters. The minimum atomic E-state index is -0.975. The molecule has 2 heterocycles. The van der Waals surface area contributed by atoms with Gasteiger partial charge in [0, 0.05) is 24.8 Å². The van der Waals surface area contributed by atoms with Gasteiger partial charge >= 0.3 is 13.1 Å². The molecule has 1 aromatic rings. The summed E-state index contributed by atoms with van der Waals surface area (Å²) >= 11 is 0. The van der Waals surface area contributed by atoms with E-state index in [9.17, 15) is 9.90 Å². The van der Waals surface area contributed by atoms with Crippen LogP contribution in [-0.4, -0.2) is 49.9 Å². The molecular formula is C21H30BN3O4. The highest BCUT2D eigenvalue weighted by Crippen LogP contribution is 2.33. The number of hydrogen-bond acceptors (Lipinski definition) is 6. The first kappa shape index (κ1) is 20.3. The van der Waals surface area contributed by atoms with E-state index in [1.54, 1.807) is 12.1 Å². The topological polar surface area (TPSA) is 106 Å². The van der Waals surface area contributed by atoms with Gasteiger partial charge in [-0.25, -0.2) is 4.79 Å². The van der Waals surface area contributed by atoms with Crippen LogP contribution < -0.4 is 21.0 Å². The van der Waals surface area contributed by atoms with Crippen LogP contribution in [0.1, 0.15) is 48.0 Å². The van der Waals surface area contributed by atoms with Gasteiger partial charge in [0.05, 0.1) is 18.1 Å². The first-order valence-corrected chi connectivity index (χ1v) is 10.7. The van der Waals surface area contributed by atoms with Crippen molar-refractivity contribution in [1.29, 1.82) is 0 Å². The Morgan fingerprint density at radius 2 is 2.14 bits per heavy atom. The molecule has 0 unspecified atom stereocenters. The lowest BCUT2D eigenvalue weighted by Crippen LogP contribution is -2.51. The van der Waals surface area contributed by atoms with E-state index in [1.807, 2.05) is 6.07 Å². The number of aromatic carboxylic acids is 1. The van der Waals surface area contributed by atoms with Crippen molar-refractivity contribution >= 4 is 13.1 Å². The summed E-state index contributed by atoms with van der Waals surface area (Å²) in [5.41, 5.74) is 7.92. The van der Waals surface area contributed by atoms with Gasteiger partial charge in [0.2, 0.25) is 0 Å². The zero-order chi connectivity index (χ0) is 20.2. The number of benzene rings is 1. The molecule has 0 saturated heterocycles. The van der Waals surface area contributed by atoms with Gasteiger partial charge in [0.25, 0.3) is 0 Å².